The molecule has 6 heteroatoms. The van der Waals surface area contributed by atoms with Crippen LogP contribution >= 0.6 is 11.8 Å². The van der Waals surface area contributed by atoms with E-state index in [4.69, 9.17) is 0 Å². The summed E-state index contributed by atoms with van der Waals surface area (Å²) in [5.74, 6) is -0.256. The van der Waals surface area contributed by atoms with Gasteiger partial charge in [0.15, 0.2) is 5.78 Å². The first kappa shape index (κ1) is 18.2. The van der Waals surface area contributed by atoms with E-state index < -0.39 is 10.0 Å². The second-order valence-corrected chi connectivity index (χ2v) is 8.93. The number of carbonyl (C=O) groups excluding carboxylic acids is 1. The minimum atomic E-state index is -3.54. The van der Waals surface area contributed by atoms with E-state index in [2.05, 4.69) is 0 Å². The van der Waals surface area contributed by atoms with Crippen molar-refractivity contribution >= 4 is 27.6 Å². The maximum absolute atomic E-state index is 12.8. The highest BCUT2D eigenvalue weighted by molar-refractivity contribution is 7.98. The zero-order valence-electron chi connectivity index (χ0n) is 14.1. The summed E-state index contributed by atoms with van der Waals surface area (Å²) < 4.78 is 27.0. The van der Waals surface area contributed by atoms with Gasteiger partial charge in [-0.05, 0) is 43.4 Å². The van der Waals surface area contributed by atoms with Gasteiger partial charge in [-0.15, -0.1) is 11.8 Å². The fraction of sp³-hybridized carbons (Fsp3) is 0.316. The third-order valence-corrected chi connectivity index (χ3v) is 7.13. The van der Waals surface area contributed by atoms with Crippen LogP contribution in [0.1, 0.15) is 23.2 Å². The molecule has 1 heterocycles. The number of carbonyl (C=O) groups is 1. The zero-order chi connectivity index (χ0) is 17.9. The number of benzene rings is 2. The Kier molecular flexibility index (Phi) is 5.61. The van der Waals surface area contributed by atoms with E-state index in [0.29, 0.717) is 18.5 Å². The monoisotopic (exact) mass is 375 g/mol. The first-order valence-electron chi connectivity index (χ1n) is 8.26. The summed E-state index contributed by atoms with van der Waals surface area (Å²) >= 11 is 1.63. The highest BCUT2D eigenvalue weighted by Gasteiger charge is 2.33. The van der Waals surface area contributed by atoms with E-state index in [1.165, 1.54) is 4.31 Å². The zero-order valence-corrected chi connectivity index (χ0v) is 15.7. The van der Waals surface area contributed by atoms with Crippen LogP contribution in [0.4, 0.5) is 0 Å². The average molecular weight is 376 g/mol. The number of thioether (sulfide) groups is 1. The molecule has 0 aliphatic carbocycles. The van der Waals surface area contributed by atoms with Gasteiger partial charge in [0.25, 0.3) is 0 Å². The van der Waals surface area contributed by atoms with E-state index in [1.807, 2.05) is 30.5 Å². The summed E-state index contributed by atoms with van der Waals surface area (Å²) in [7, 11) is -3.54. The Morgan fingerprint density at radius 1 is 1.08 bits per heavy atom. The number of sulfonamides is 1. The molecule has 1 aliphatic heterocycles. The van der Waals surface area contributed by atoms with Crippen molar-refractivity contribution in [1.29, 1.82) is 0 Å². The SMILES string of the molecule is CSc1ccc(C(=O)C2CCCN(S(=O)(=O)c3ccccc3)C2)cc1. The molecule has 0 amide bonds. The lowest BCUT2D eigenvalue weighted by molar-refractivity contribution is 0.0872. The van der Waals surface area contributed by atoms with Crippen LogP contribution < -0.4 is 0 Å². The largest absolute Gasteiger partial charge is 0.294 e. The van der Waals surface area contributed by atoms with Gasteiger partial charge in [-0.25, -0.2) is 8.42 Å². The molecular weight excluding hydrogens is 354 g/mol. The standard InChI is InChI=1S/C19H21NO3S2/c1-24-17-11-9-15(10-12-17)19(21)16-6-5-13-20(14-16)25(22,23)18-7-3-2-4-8-18/h2-4,7-12,16H,5-6,13-14H2,1H3. The number of hydrogen-bond acceptors (Lipinski definition) is 4. The van der Waals surface area contributed by atoms with Crippen LogP contribution in [0.15, 0.2) is 64.4 Å². The van der Waals surface area contributed by atoms with Gasteiger partial charge in [0.2, 0.25) is 10.0 Å². The molecule has 1 unspecified atom stereocenters. The van der Waals surface area contributed by atoms with Crippen molar-refractivity contribution in [1.82, 2.24) is 4.31 Å². The van der Waals surface area contributed by atoms with Crippen molar-refractivity contribution in [3.63, 3.8) is 0 Å². The van der Waals surface area contributed by atoms with Crippen LogP contribution in [0.5, 0.6) is 0 Å². The number of Topliss-reactive ketones (excluding diaryl/α,β-unsaturated/α-hetero) is 1. The normalized spacial score (nSPS) is 18.8. The van der Waals surface area contributed by atoms with Gasteiger partial charge in [-0.3, -0.25) is 4.79 Å². The van der Waals surface area contributed by atoms with E-state index in [1.54, 1.807) is 42.1 Å². The molecule has 2 aromatic carbocycles. The van der Waals surface area contributed by atoms with Gasteiger partial charge in [0.05, 0.1) is 4.90 Å². The molecule has 0 saturated carbocycles. The smallest absolute Gasteiger partial charge is 0.243 e. The fourth-order valence-corrected chi connectivity index (χ4v) is 5.06. The van der Waals surface area contributed by atoms with Gasteiger partial charge in [-0.2, -0.15) is 4.31 Å². The molecule has 0 bridgehead atoms. The number of hydrogen-bond donors (Lipinski definition) is 0. The lowest BCUT2D eigenvalue weighted by Crippen LogP contribution is -2.42. The van der Waals surface area contributed by atoms with E-state index in [0.717, 1.165) is 11.3 Å². The minimum Gasteiger partial charge on any atom is -0.294 e. The second-order valence-electron chi connectivity index (χ2n) is 6.11. The predicted octanol–water partition coefficient (Wildman–Crippen LogP) is 3.69. The number of nitrogens with zero attached hydrogens (tertiary/aromatic N) is 1. The Labute approximate surface area is 153 Å². The summed E-state index contributed by atoms with van der Waals surface area (Å²) in [5.41, 5.74) is 0.654. The van der Waals surface area contributed by atoms with Crippen molar-refractivity contribution in [3.8, 4) is 0 Å². The van der Waals surface area contributed by atoms with Gasteiger partial charge in [0.1, 0.15) is 0 Å². The average Bonchev–Trinajstić information content (AvgIpc) is 2.68. The third kappa shape index (κ3) is 3.97. The number of ketones is 1. The van der Waals surface area contributed by atoms with E-state index >= 15 is 0 Å². The van der Waals surface area contributed by atoms with Gasteiger partial charge < -0.3 is 0 Å². The molecule has 0 spiro atoms. The van der Waals surface area contributed by atoms with Crippen molar-refractivity contribution in [2.45, 2.75) is 22.6 Å². The molecule has 1 saturated heterocycles. The molecule has 3 rings (SSSR count). The molecule has 0 radical (unpaired) electrons. The summed E-state index contributed by atoms with van der Waals surface area (Å²) in [6.07, 6.45) is 3.42. The quantitative estimate of drug-likeness (QED) is 0.591. The second kappa shape index (κ2) is 7.72. The maximum atomic E-state index is 12.8. The van der Waals surface area contributed by atoms with Crippen molar-refractivity contribution in [2.75, 3.05) is 19.3 Å². The lowest BCUT2D eigenvalue weighted by Gasteiger charge is -2.31. The van der Waals surface area contributed by atoms with Crippen molar-refractivity contribution in [2.24, 2.45) is 5.92 Å². The predicted molar refractivity (Wildman–Crippen MR) is 100 cm³/mol. The topological polar surface area (TPSA) is 54.5 Å². The van der Waals surface area contributed by atoms with Crippen LogP contribution in [0.25, 0.3) is 0 Å². The Balaban J connectivity index is 1.77. The molecule has 25 heavy (non-hydrogen) atoms. The molecule has 1 fully saturated rings. The molecule has 0 aromatic heterocycles. The van der Waals surface area contributed by atoms with E-state index in [9.17, 15) is 13.2 Å². The summed E-state index contributed by atoms with van der Waals surface area (Å²) in [6, 6.07) is 15.9. The van der Waals surface area contributed by atoms with Crippen LogP contribution in [0, 0.1) is 5.92 Å². The Bertz CT molecular complexity index is 833. The molecule has 0 N–H and O–H groups in total. The Hall–Kier alpha value is -1.63. The van der Waals surface area contributed by atoms with Crippen LogP contribution in [-0.2, 0) is 10.0 Å². The highest BCUT2D eigenvalue weighted by atomic mass is 32.2. The summed E-state index contributed by atoms with van der Waals surface area (Å²) in [6.45, 7) is 0.715. The Morgan fingerprint density at radius 2 is 1.76 bits per heavy atom. The highest BCUT2D eigenvalue weighted by Crippen LogP contribution is 2.26. The third-order valence-electron chi connectivity index (χ3n) is 4.51. The van der Waals surface area contributed by atoms with Crippen molar-refractivity contribution < 1.29 is 13.2 Å². The molecule has 1 atom stereocenters. The summed E-state index contributed by atoms with van der Waals surface area (Å²) in [5, 5.41) is 0. The molecular formula is C19H21NO3S2. The molecule has 2 aromatic rings. The summed E-state index contributed by atoms with van der Waals surface area (Å²) in [4.78, 5) is 14.2. The van der Waals surface area contributed by atoms with Crippen molar-refractivity contribution in [3.05, 3.63) is 60.2 Å². The minimum absolute atomic E-state index is 0.0283. The van der Waals surface area contributed by atoms with Gasteiger partial charge in [0, 0.05) is 29.5 Å². The Morgan fingerprint density at radius 3 is 2.40 bits per heavy atom. The first-order chi connectivity index (χ1) is 12.0. The van der Waals surface area contributed by atoms with Crippen LogP contribution in [-0.4, -0.2) is 37.9 Å². The fourth-order valence-electron chi connectivity index (χ4n) is 3.11. The van der Waals surface area contributed by atoms with Gasteiger partial charge in [-0.1, -0.05) is 30.3 Å². The van der Waals surface area contributed by atoms with Crippen LogP contribution in [0.2, 0.25) is 0 Å². The maximum Gasteiger partial charge on any atom is 0.243 e. The lowest BCUT2D eigenvalue weighted by atomic mass is 9.91. The van der Waals surface area contributed by atoms with E-state index in [-0.39, 0.29) is 23.1 Å². The number of rotatable bonds is 5. The van der Waals surface area contributed by atoms with Crippen LogP contribution in [0.3, 0.4) is 0 Å². The molecule has 132 valence electrons. The number of piperidine rings is 1. The molecule has 4 nitrogen and oxygen atoms in total. The molecule has 1 aliphatic rings. The van der Waals surface area contributed by atoms with Gasteiger partial charge >= 0.3 is 0 Å². The first-order valence-corrected chi connectivity index (χ1v) is 10.9.